The van der Waals surface area contributed by atoms with E-state index in [-0.39, 0.29) is 5.71 Å². The van der Waals surface area contributed by atoms with Gasteiger partial charge in [0.05, 0.1) is 7.11 Å². The van der Waals surface area contributed by atoms with Crippen LogP contribution in [0.15, 0.2) is 29.4 Å². The summed E-state index contributed by atoms with van der Waals surface area (Å²) in [6.45, 7) is 0. The number of hydrogen-bond acceptors (Lipinski definition) is 4. The number of benzene rings is 1. The Bertz CT molecular complexity index is 363. The molecule has 0 saturated carbocycles. The lowest BCUT2D eigenvalue weighted by Crippen LogP contribution is -1.97. The van der Waals surface area contributed by atoms with E-state index in [1.54, 1.807) is 31.4 Å². The molecule has 0 spiro atoms. The molecule has 0 bridgehead atoms. The Morgan fingerprint density at radius 2 is 1.93 bits per heavy atom. The van der Waals surface area contributed by atoms with Gasteiger partial charge in [0.15, 0.2) is 5.71 Å². The van der Waals surface area contributed by atoms with Gasteiger partial charge in [0.2, 0.25) is 0 Å². The Labute approximate surface area is 82.4 Å². The summed E-state index contributed by atoms with van der Waals surface area (Å²) in [6.07, 6.45) is 0. The molecule has 0 atom stereocenters. The highest BCUT2D eigenvalue weighted by atomic mass is 16.6. The van der Waals surface area contributed by atoms with E-state index in [4.69, 9.17) is 10.00 Å². The first-order valence-corrected chi connectivity index (χ1v) is 3.97. The predicted octanol–water partition coefficient (Wildman–Crippen LogP) is 1.57. The Morgan fingerprint density at radius 1 is 1.29 bits per heavy atom. The predicted molar refractivity (Wildman–Crippen MR) is 52.2 cm³/mol. The van der Waals surface area contributed by atoms with E-state index < -0.39 is 0 Å². The number of methoxy groups -OCH3 is 1. The standard InChI is InChI=1S/C10H10N2O2/c1-13-9-5-3-8(4-6-9)10(7-11)12-14-2/h3-6H,1-2H3. The molecule has 0 saturated heterocycles. The Kier molecular flexibility index (Phi) is 3.50. The minimum Gasteiger partial charge on any atom is -0.497 e. The lowest BCUT2D eigenvalue weighted by Gasteiger charge is -2.00. The van der Waals surface area contributed by atoms with Crippen molar-refractivity contribution in [2.45, 2.75) is 0 Å². The molecule has 1 aromatic rings. The molecule has 0 unspecified atom stereocenters. The molecule has 0 amide bonds. The van der Waals surface area contributed by atoms with Crippen molar-refractivity contribution in [1.29, 1.82) is 5.26 Å². The van der Waals surface area contributed by atoms with Crippen molar-refractivity contribution in [2.75, 3.05) is 14.2 Å². The van der Waals surface area contributed by atoms with Crippen LogP contribution in [-0.4, -0.2) is 19.9 Å². The number of oxime groups is 1. The second-order valence-electron chi connectivity index (χ2n) is 2.46. The van der Waals surface area contributed by atoms with Crippen molar-refractivity contribution in [2.24, 2.45) is 5.16 Å². The van der Waals surface area contributed by atoms with E-state index in [1.165, 1.54) is 7.11 Å². The van der Waals surface area contributed by atoms with Gasteiger partial charge >= 0.3 is 0 Å². The van der Waals surface area contributed by atoms with E-state index in [0.29, 0.717) is 5.56 Å². The van der Waals surface area contributed by atoms with Crippen LogP contribution < -0.4 is 4.74 Å². The zero-order valence-corrected chi connectivity index (χ0v) is 8.02. The van der Waals surface area contributed by atoms with Gasteiger partial charge in [-0.15, -0.1) is 0 Å². The van der Waals surface area contributed by atoms with Crippen molar-refractivity contribution >= 4 is 5.71 Å². The molecular weight excluding hydrogens is 180 g/mol. The topological polar surface area (TPSA) is 54.6 Å². The van der Waals surface area contributed by atoms with E-state index >= 15 is 0 Å². The average molecular weight is 190 g/mol. The van der Waals surface area contributed by atoms with Crippen LogP contribution in [0.1, 0.15) is 5.56 Å². The number of nitriles is 1. The molecule has 0 aromatic heterocycles. The van der Waals surface area contributed by atoms with Crippen LogP contribution >= 0.6 is 0 Å². The molecule has 0 fully saturated rings. The Morgan fingerprint density at radius 3 is 2.36 bits per heavy atom. The van der Waals surface area contributed by atoms with Crippen molar-refractivity contribution in [3.05, 3.63) is 29.8 Å². The molecule has 0 heterocycles. The van der Waals surface area contributed by atoms with Crippen LogP contribution in [0, 0.1) is 11.3 Å². The molecule has 1 rings (SSSR count). The number of nitrogens with zero attached hydrogens (tertiary/aromatic N) is 2. The summed E-state index contributed by atoms with van der Waals surface area (Å²) in [5.41, 5.74) is 0.949. The van der Waals surface area contributed by atoms with E-state index in [0.717, 1.165) is 5.75 Å². The smallest absolute Gasteiger partial charge is 0.186 e. The monoisotopic (exact) mass is 190 g/mol. The fraction of sp³-hybridized carbons (Fsp3) is 0.200. The number of ether oxygens (including phenoxy) is 1. The number of hydrogen-bond donors (Lipinski definition) is 0. The SMILES string of the molecule is CON=C(C#N)c1ccc(OC)cc1. The van der Waals surface area contributed by atoms with Crippen LogP contribution in [0.3, 0.4) is 0 Å². The molecule has 72 valence electrons. The minimum absolute atomic E-state index is 0.246. The van der Waals surface area contributed by atoms with Crippen molar-refractivity contribution in [1.82, 2.24) is 0 Å². The molecule has 14 heavy (non-hydrogen) atoms. The summed E-state index contributed by atoms with van der Waals surface area (Å²) in [6, 6.07) is 8.96. The first kappa shape index (κ1) is 10.1. The molecule has 0 aliphatic carbocycles. The van der Waals surface area contributed by atoms with Gasteiger partial charge < -0.3 is 9.57 Å². The van der Waals surface area contributed by atoms with Gasteiger partial charge in [-0.1, -0.05) is 5.16 Å². The van der Waals surface area contributed by atoms with Gasteiger partial charge in [0.1, 0.15) is 18.9 Å². The molecule has 0 aliphatic rings. The van der Waals surface area contributed by atoms with Gasteiger partial charge in [-0.05, 0) is 24.3 Å². The lowest BCUT2D eigenvalue weighted by molar-refractivity contribution is 0.214. The zero-order chi connectivity index (χ0) is 10.4. The maximum atomic E-state index is 8.75. The summed E-state index contributed by atoms with van der Waals surface area (Å²) in [7, 11) is 2.99. The third kappa shape index (κ3) is 2.23. The van der Waals surface area contributed by atoms with Crippen LogP contribution in [0.25, 0.3) is 0 Å². The second kappa shape index (κ2) is 4.87. The van der Waals surface area contributed by atoms with Crippen molar-refractivity contribution < 1.29 is 9.57 Å². The van der Waals surface area contributed by atoms with E-state index in [2.05, 4.69) is 9.99 Å². The van der Waals surface area contributed by atoms with Gasteiger partial charge in [0, 0.05) is 5.56 Å². The average Bonchev–Trinajstić information content (AvgIpc) is 2.26. The van der Waals surface area contributed by atoms with E-state index in [9.17, 15) is 0 Å². The quantitative estimate of drug-likeness (QED) is 0.537. The summed E-state index contributed by atoms with van der Waals surface area (Å²) >= 11 is 0. The van der Waals surface area contributed by atoms with Gasteiger partial charge in [-0.3, -0.25) is 0 Å². The van der Waals surface area contributed by atoms with Crippen molar-refractivity contribution in [3.8, 4) is 11.8 Å². The lowest BCUT2D eigenvalue weighted by atomic mass is 10.1. The largest absolute Gasteiger partial charge is 0.497 e. The van der Waals surface area contributed by atoms with E-state index in [1.807, 2.05) is 6.07 Å². The number of rotatable bonds is 3. The summed E-state index contributed by atoms with van der Waals surface area (Å²) in [5.74, 6) is 0.739. The highest BCUT2D eigenvalue weighted by Crippen LogP contribution is 2.11. The van der Waals surface area contributed by atoms with Crippen LogP contribution in [0.5, 0.6) is 5.75 Å². The van der Waals surface area contributed by atoms with Gasteiger partial charge in [-0.2, -0.15) is 5.26 Å². The van der Waals surface area contributed by atoms with Gasteiger partial charge in [0.25, 0.3) is 0 Å². The summed E-state index contributed by atoms with van der Waals surface area (Å²) < 4.78 is 4.99. The maximum absolute atomic E-state index is 8.75. The highest BCUT2D eigenvalue weighted by molar-refractivity contribution is 6.11. The molecule has 4 nitrogen and oxygen atoms in total. The maximum Gasteiger partial charge on any atom is 0.186 e. The normalized spacial score (nSPS) is 10.5. The Hall–Kier alpha value is -2.02. The minimum atomic E-state index is 0.246. The third-order valence-electron chi connectivity index (χ3n) is 1.65. The zero-order valence-electron chi connectivity index (χ0n) is 8.02. The van der Waals surface area contributed by atoms with Crippen LogP contribution in [-0.2, 0) is 4.84 Å². The second-order valence-corrected chi connectivity index (χ2v) is 2.46. The van der Waals surface area contributed by atoms with Crippen LogP contribution in [0.4, 0.5) is 0 Å². The third-order valence-corrected chi connectivity index (χ3v) is 1.65. The highest BCUT2D eigenvalue weighted by Gasteiger charge is 2.02. The fourth-order valence-corrected chi connectivity index (χ4v) is 0.978. The summed E-state index contributed by atoms with van der Waals surface area (Å²) in [5, 5.41) is 12.3. The molecule has 0 radical (unpaired) electrons. The molecule has 1 aromatic carbocycles. The molecule has 0 aliphatic heterocycles. The molecular formula is C10H10N2O2. The van der Waals surface area contributed by atoms with Crippen molar-refractivity contribution in [3.63, 3.8) is 0 Å². The van der Waals surface area contributed by atoms with Gasteiger partial charge in [-0.25, -0.2) is 0 Å². The van der Waals surface area contributed by atoms with Crippen LogP contribution in [0.2, 0.25) is 0 Å². The first-order valence-electron chi connectivity index (χ1n) is 3.97. The molecule has 4 heteroatoms. The summed E-state index contributed by atoms with van der Waals surface area (Å²) in [4.78, 5) is 4.54. The Balaban J connectivity index is 2.97. The molecule has 0 N–H and O–H groups in total. The first-order chi connectivity index (χ1) is 6.81. The fourth-order valence-electron chi connectivity index (χ4n) is 0.978.